The van der Waals surface area contributed by atoms with Gasteiger partial charge < -0.3 is 9.63 Å². The number of carbonyl (C=O) groups is 1. The van der Waals surface area contributed by atoms with Gasteiger partial charge in [-0.25, -0.2) is 0 Å². The van der Waals surface area contributed by atoms with E-state index in [0.717, 1.165) is 0 Å². The van der Waals surface area contributed by atoms with Crippen LogP contribution in [0.25, 0.3) is 0 Å². The van der Waals surface area contributed by atoms with Gasteiger partial charge in [-0.15, -0.1) is 0 Å². The Bertz CT molecular complexity index is 202. The smallest absolute Gasteiger partial charge is 0.316 e. The van der Waals surface area contributed by atoms with Crippen LogP contribution in [-0.2, 0) is 13.9 Å². The Labute approximate surface area is 72.4 Å². The van der Waals surface area contributed by atoms with Gasteiger partial charge in [0.1, 0.15) is 5.66 Å². The lowest BCUT2D eigenvalue weighted by atomic mass is 10.5. The molecule has 0 aromatic heterocycles. The molecular weight excluding hydrogens is 179 g/mol. The first kappa shape index (κ1) is 11.7. The minimum absolute atomic E-state index is 0.272. The fraction of sp³-hybridized carbons (Fsp3) is 0.857. The molecule has 0 bridgehead atoms. The first-order valence-corrected chi connectivity index (χ1v) is 5.82. The highest BCUT2D eigenvalue weighted by Gasteiger charge is 2.33. The van der Waals surface area contributed by atoms with Crippen LogP contribution in [0.4, 0.5) is 0 Å². The van der Waals surface area contributed by atoms with Crippen LogP contribution in [0.2, 0.25) is 0 Å². The van der Waals surface area contributed by atoms with Gasteiger partial charge in [0.05, 0.1) is 6.61 Å². The van der Waals surface area contributed by atoms with Crippen LogP contribution in [0.1, 0.15) is 20.8 Å². The van der Waals surface area contributed by atoms with E-state index in [2.05, 4.69) is 0 Å². The SMILES string of the molecule is CCOP(=O)(CC)C(C)C(=O)O. The van der Waals surface area contributed by atoms with Gasteiger partial charge >= 0.3 is 5.97 Å². The number of carboxylic acids is 1. The van der Waals surface area contributed by atoms with Gasteiger partial charge in [-0.05, 0) is 13.8 Å². The van der Waals surface area contributed by atoms with Crippen molar-refractivity contribution in [2.75, 3.05) is 12.8 Å². The fourth-order valence-electron chi connectivity index (χ4n) is 0.864. The molecular formula is C7H15O4P. The summed E-state index contributed by atoms with van der Waals surface area (Å²) in [5.74, 6) is -1.06. The van der Waals surface area contributed by atoms with Crippen molar-refractivity contribution in [3.05, 3.63) is 0 Å². The van der Waals surface area contributed by atoms with E-state index >= 15 is 0 Å². The van der Waals surface area contributed by atoms with Crippen molar-refractivity contribution in [2.24, 2.45) is 0 Å². The third kappa shape index (κ3) is 2.61. The van der Waals surface area contributed by atoms with E-state index in [0.29, 0.717) is 6.61 Å². The maximum atomic E-state index is 11.7. The van der Waals surface area contributed by atoms with Crippen molar-refractivity contribution in [3.8, 4) is 0 Å². The highest BCUT2D eigenvalue weighted by atomic mass is 31.2. The molecule has 2 atom stereocenters. The van der Waals surface area contributed by atoms with E-state index in [9.17, 15) is 9.36 Å². The first-order chi connectivity index (χ1) is 5.48. The quantitative estimate of drug-likeness (QED) is 0.677. The second-order valence-corrected chi connectivity index (χ2v) is 5.59. The number of carboxylic acid groups (broad SMARTS) is 1. The summed E-state index contributed by atoms with van der Waals surface area (Å²) in [7, 11) is -2.95. The molecule has 5 heteroatoms. The van der Waals surface area contributed by atoms with Crippen molar-refractivity contribution in [1.82, 2.24) is 0 Å². The lowest BCUT2D eigenvalue weighted by molar-refractivity contribution is -0.136. The van der Waals surface area contributed by atoms with Gasteiger partial charge in [-0.3, -0.25) is 9.36 Å². The normalized spacial score (nSPS) is 18.2. The zero-order valence-corrected chi connectivity index (χ0v) is 8.51. The van der Waals surface area contributed by atoms with Crippen LogP contribution >= 0.6 is 7.37 Å². The summed E-state index contributed by atoms with van der Waals surface area (Å²) in [6.45, 7) is 5.10. The van der Waals surface area contributed by atoms with Gasteiger partial charge in [0.25, 0.3) is 0 Å². The molecule has 0 radical (unpaired) electrons. The van der Waals surface area contributed by atoms with Crippen LogP contribution < -0.4 is 0 Å². The van der Waals surface area contributed by atoms with Crippen molar-refractivity contribution >= 4 is 13.3 Å². The minimum Gasteiger partial charge on any atom is -0.481 e. The van der Waals surface area contributed by atoms with Gasteiger partial charge in [0.2, 0.25) is 7.37 Å². The standard InChI is InChI=1S/C7H15O4P/c1-4-11-12(10,5-2)6(3)7(8)9/h6H,4-5H2,1-3H3,(H,8,9). The predicted molar refractivity (Wildman–Crippen MR) is 46.9 cm³/mol. The molecule has 0 aromatic carbocycles. The Hall–Kier alpha value is -0.340. The van der Waals surface area contributed by atoms with Crippen LogP contribution in [0.3, 0.4) is 0 Å². The average molecular weight is 194 g/mol. The molecule has 72 valence electrons. The maximum Gasteiger partial charge on any atom is 0.316 e. The van der Waals surface area contributed by atoms with Gasteiger partial charge in [0, 0.05) is 6.16 Å². The predicted octanol–water partition coefficient (Wildman–Crippen LogP) is 1.79. The topological polar surface area (TPSA) is 63.6 Å². The van der Waals surface area contributed by atoms with Crippen LogP contribution in [0, 0.1) is 0 Å². The van der Waals surface area contributed by atoms with Crippen molar-refractivity contribution in [2.45, 2.75) is 26.4 Å². The molecule has 0 heterocycles. The highest BCUT2D eigenvalue weighted by molar-refractivity contribution is 7.60. The lowest BCUT2D eigenvalue weighted by Gasteiger charge is -2.19. The fourth-order valence-corrected chi connectivity index (χ4v) is 2.59. The molecule has 2 unspecified atom stereocenters. The second kappa shape index (κ2) is 4.63. The third-order valence-electron chi connectivity index (χ3n) is 1.74. The Kier molecular flexibility index (Phi) is 4.50. The molecule has 0 aliphatic carbocycles. The summed E-state index contributed by atoms with van der Waals surface area (Å²) in [6.07, 6.45) is 0.272. The van der Waals surface area contributed by atoms with E-state index in [1.54, 1.807) is 13.8 Å². The van der Waals surface area contributed by atoms with E-state index < -0.39 is 19.0 Å². The zero-order valence-electron chi connectivity index (χ0n) is 7.61. The van der Waals surface area contributed by atoms with Gasteiger partial charge in [-0.2, -0.15) is 0 Å². The Balaban J connectivity index is 4.51. The monoisotopic (exact) mass is 194 g/mol. The second-order valence-electron chi connectivity index (χ2n) is 2.47. The van der Waals surface area contributed by atoms with Crippen LogP contribution in [-0.4, -0.2) is 29.5 Å². The molecule has 1 N–H and O–H groups in total. The summed E-state index contributed by atoms with van der Waals surface area (Å²) in [6, 6.07) is 0. The van der Waals surface area contributed by atoms with Crippen LogP contribution in [0.15, 0.2) is 0 Å². The average Bonchev–Trinajstić information content (AvgIpc) is 2.03. The molecule has 0 aliphatic heterocycles. The zero-order chi connectivity index (χ0) is 9.78. The molecule has 0 rings (SSSR count). The molecule has 12 heavy (non-hydrogen) atoms. The Morgan fingerprint density at radius 1 is 1.58 bits per heavy atom. The lowest BCUT2D eigenvalue weighted by Crippen LogP contribution is -2.19. The van der Waals surface area contributed by atoms with Crippen molar-refractivity contribution < 1.29 is 19.0 Å². The van der Waals surface area contributed by atoms with Crippen molar-refractivity contribution in [3.63, 3.8) is 0 Å². The molecule has 0 aromatic rings. The largest absolute Gasteiger partial charge is 0.481 e. The maximum absolute atomic E-state index is 11.7. The summed E-state index contributed by atoms with van der Waals surface area (Å²) in [5.41, 5.74) is -0.901. The molecule has 0 amide bonds. The van der Waals surface area contributed by atoms with Gasteiger partial charge in [0.15, 0.2) is 0 Å². The molecule has 0 saturated carbocycles. The summed E-state index contributed by atoms with van der Waals surface area (Å²) in [4.78, 5) is 10.5. The van der Waals surface area contributed by atoms with E-state index in [-0.39, 0.29) is 6.16 Å². The molecule has 0 saturated heterocycles. The molecule has 0 spiro atoms. The summed E-state index contributed by atoms with van der Waals surface area (Å²) in [5, 5.41) is 8.62. The number of hydrogen-bond acceptors (Lipinski definition) is 3. The Morgan fingerprint density at radius 2 is 2.08 bits per heavy atom. The number of aliphatic carboxylic acids is 1. The highest BCUT2D eigenvalue weighted by Crippen LogP contribution is 2.51. The Morgan fingerprint density at radius 3 is 2.33 bits per heavy atom. The van der Waals surface area contributed by atoms with E-state index in [1.807, 2.05) is 0 Å². The van der Waals surface area contributed by atoms with E-state index in [4.69, 9.17) is 9.63 Å². The molecule has 0 fully saturated rings. The van der Waals surface area contributed by atoms with Gasteiger partial charge in [-0.1, -0.05) is 6.92 Å². The van der Waals surface area contributed by atoms with E-state index in [1.165, 1.54) is 6.92 Å². The summed E-state index contributed by atoms with van der Waals surface area (Å²) >= 11 is 0. The number of hydrogen-bond donors (Lipinski definition) is 1. The molecule has 4 nitrogen and oxygen atoms in total. The minimum atomic E-state index is -2.95. The third-order valence-corrected chi connectivity index (χ3v) is 4.71. The molecule has 0 aliphatic rings. The summed E-state index contributed by atoms with van der Waals surface area (Å²) < 4.78 is 16.7. The number of rotatable bonds is 5. The van der Waals surface area contributed by atoms with Crippen LogP contribution in [0.5, 0.6) is 0 Å². The first-order valence-electron chi connectivity index (χ1n) is 3.94. The van der Waals surface area contributed by atoms with Crippen molar-refractivity contribution in [1.29, 1.82) is 0 Å².